The Hall–Kier alpha value is -0.900. The molecule has 0 radical (unpaired) electrons. The third-order valence-electron chi connectivity index (χ3n) is 4.82. The first-order valence-electron chi connectivity index (χ1n) is 8.72. The van der Waals surface area contributed by atoms with Gasteiger partial charge in [0.2, 0.25) is 0 Å². The second-order valence-corrected chi connectivity index (χ2v) is 6.54. The van der Waals surface area contributed by atoms with Crippen molar-refractivity contribution in [1.82, 2.24) is 25.4 Å². The van der Waals surface area contributed by atoms with E-state index in [2.05, 4.69) is 20.8 Å². The molecule has 1 aliphatic carbocycles. The van der Waals surface area contributed by atoms with E-state index < -0.39 is 0 Å². The highest BCUT2D eigenvalue weighted by atomic mass is 127. The SMILES string of the molecule is Cc1nnc(CN=C(NC2CCCC2)NC2CCOCC2)n1C.I. The summed E-state index contributed by atoms with van der Waals surface area (Å²) in [4.78, 5) is 4.76. The van der Waals surface area contributed by atoms with Crippen molar-refractivity contribution in [3.8, 4) is 0 Å². The molecule has 2 heterocycles. The van der Waals surface area contributed by atoms with Crippen LogP contribution in [0.2, 0.25) is 0 Å². The van der Waals surface area contributed by atoms with Crippen molar-refractivity contribution >= 4 is 29.9 Å². The highest BCUT2D eigenvalue weighted by Crippen LogP contribution is 2.17. The molecule has 8 heteroatoms. The summed E-state index contributed by atoms with van der Waals surface area (Å²) in [6.07, 6.45) is 7.16. The molecule has 1 aromatic rings. The number of nitrogens with zero attached hydrogens (tertiary/aromatic N) is 4. The smallest absolute Gasteiger partial charge is 0.192 e. The Bertz CT molecular complexity index is 535. The highest BCUT2D eigenvalue weighted by Gasteiger charge is 2.19. The monoisotopic (exact) mass is 448 g/mol. The number of hydrogen-bond donors (Lipinski definition) is 2. The van der Waals surface area contributed by atoms with Crippen LogP contribution in [0.3, 0.4) is 0 Å². The first-order chi connectivity index (χ1) is 11.2. The molecule has 1 saturated carbocycles. The maximum atomic E-state index is 5.44. The van der Waals surface area contributed by atoms with Crippen LogP contribution in [0.15, 0.2) is 4.99 Å². The molecule has 0 amide bonds. The standard InChI is InChI=1S/C16H28N6O.HI/c1-12-20-21-15(22(12)2)11-17-16(18-13-5-3-4-6-13)19-14-7-9-23-10-8-14;/h13-14H,3-11H2,1-2H3,(H2,17,18,19);1H. The zero-order chi connectivity index (χ0) is 16.1. The van der Waals surface area contributed by atoms with Crippen LogP contribution in [-0.2, 0) is 18.3 Å². The van der Waals surface area contributed by atoms with Gasteiger partial charge in [-0.2, -0.15) is 0 Å². The van der Waals surface area contributed by atoms with Gasteiger partial charge < -0.3 is 19.9 Å². The number of ether oxygens (including phenoxy) is 1. The fourth-order valence-electron chi connectivity index (χ4n) is 3.17. The minimum absolute atomic E-state index is 0. The Morgan fingerprint density at radius 3 is 2.33 bits per heavy atom. The molecule has 1 saturated heterocycles. The Labute approximate surface area is 161 Å². The predicted molar refractivity (Wildman–Crippen MR) is 105 cm³/mol. The van der Waals surface area contributed by atoms with Gasteiger partial charge in [0.05, 0.1) is 0 Å². The van der Waals surface area contributed by atoms with Crippen molar-refractivity contribution in [2.75, 3.05) is 13.2 Å². The van der Waals surface area contributed by atoms with Gasteiger partial charge in [-0.1, -0.05) is 12.8 Å². The summed E-state index contributed by atoms with van der Waals surface area (Å²) in [6, 6.07) is 0.986. The van der Waals surface area contributed by atoms with E-state index in [1.807, 2.05) is 18.5 Å². The van der Waals surface area contributed by atoms with E-state index in [1.165, 1.54) is 25.7 Å². The van der Waals surface area contributed by atoms with Gasteiger partial charge >= 0.3 is 0 Å². The van der Waals surface area contributed by atoms with E-state index in [0.717, 1.165) is 43.7 Å². The molecule has 2 N–H and O–H groups in total. The second-order valence-electron chi connectivity index (χ2n) is 6.54. The lowest BCUT2D eigenvalue weighted by Crippen LogP contribution is -2.48. The lowest BCUT2D eigenvalue weighted by Gasteiger charge is -2.26. The zero-order valence-electron chi connectivity index (χ0n) is 14.6. The van der Waals surface area contributed by atoms with Gasteiger partial charge in [0.15, 0.2) is 11.8 Å². The summed E-state index contributed by atoms with van der Waals surface area (Å²) in [6.45, 7) is 4.16. The molecule has 24 heavy (non-hydrogen) atoms. The Kier molecular flexibility index (Phi) is 7.73. The lowest BCUT2D eigenvalue weighted by molar-refractivity contribution is 0.0821. The number of aryl methyl sites for hydroxylation is 1. The van der Waals surface area contributed by atoms with Gasteiger partial charge in [0, 0.05) is 32.3 Å². The molecule has 1 aliphatic heterocycles. The fourth-order valence-corrected chi connectivity index (χ4v) is 3.17. The molecule has 3 rings (SSSR count). The number of aliphatic imine (C=N–C) groups is 1. The quantitative estimate of drug-likeness (QED) is 0.418. The van der Waals surface area contributed by atoms with E-state index in [4.69, 9.17) is 9.73 Å². The van der Waals surface area contributed by atoms with Crippen molar-refractivity contribution in [1.29, 1.82) is 0 Å². The molecule has 1 aromatic heterocycles. The Balaban J connectivity index is 0.00000208. The van der Waals surface area contributed by atoms with E-state index in [-0.39, 0.29) is 24.0 Å². The lowest BCUT2D eigenvalue weighted by atomic mass is 10.1. The maximum Gasteiger partial charge on any atom is 0.192 e. The zero-order valence-corrected chi connectivity index (χ0v) is 17.0. The number of nitrogens with one attached hydrogen (secondary N) is 2. The first-order valence-corrected chi connectivity index (χ1v) is 8.72. The van der Waals surface area contributed by atoms with E-state index >= 15 is 0 Å². The number of guanidine groups is 1. The molecule has 7 nitrogen and oxygen atoms in total. The average Bonchev–Trinajstić information content (AvgIpc) is 3.18. The van der Waals surface area contributed by atoms with E-state index in [1.54, 1.807) is 0 Å². The van der Waals surface area contributed by atoms with Crippen LogP contribution in [-0.4, -0.2) is 46.0 Å². The third-order valence-corrected chi connectivity index (χ3v) is 4.82. The van der Waals surface area contributed by atoms with Gasteiger partial charge in [-0.15, -0.1) is 34.2 Å². The third kappa shape index (κ3) is 5.30. The second kappa shape index (κ2) is 9.55. The van der Waals surface area contributed by atoms with Gasteiger partial charge in [-0.3, -0.25) is 0 Å². The molecule has 136 valence electrons. The summed E-state index contributed by atoms with van der Waals surface area (Å²) < 4.78 is 7.43. The summed E-state index contributed by atoms with van der Waals surface area (Å²) in [5, 5.41) is 15.5. The van der Waals surface area contributed by atoms with Crippen LogP contribution in [0.1, 0.15) is 50.2 Å². The van der Waals surface area contributed by atoms with Crippen molar-refractivity contribution < 1.29 is 4.74 Å². The molecule has 0 bridgehead atoms. The minimum Gasteiger partial charge on any atom is -0.381 e. The largest absolute Gasteiger partial charge is 0.381 e. The molecule has 0 aromatic carbocycles. The fraction of sp³-hybridized carbons (Fsp3) is 0.812. The summed E-state index contributed by atoms with van der Waals surface area (Å²) in [5.41, 5.74) is 0. The van der Waals surface area contributed by atoms with Crippen LogP contribution in [0.5, 0.6) is 0 Å². The molecule has 0 spiro atoms. The molecule has 2 aliphatic rings. The van der Waals surface area contributed by atoms with Gasteiger partial charge in [-0.05, 0) is 32.6 Å². The van der Waals surface area contributed by atoms with Crippen LogP contribution < -0.4 is 10.6 Å². The summed E-state index contributed by atoms with van der Waals surface area (Å²) in [7, 11) is 1.98. The molecular weight excluding hydrogens is 419 g/mol. The molecule has 2 fully saturated rings. The summed E-state index contributed by atoms with van der Waals surface area (Å²) in [5.74, 6) is 2.71. The van der Waals surface area contributed by atoms with Crippen molar-refractivity contribution in [3.63, 3.8) is 0 Å². The van der Waals surface area contributed by atoms with Gasteiger partial charge in [0.25, 0.3) is 0 Å². The average molecular weight is 448 g/mol. The van der Waals surface area contributed by atoms with E-state index in [0.29, 0.717) is 18.6 Å². The van der Waals surface area contributed by atoms with Crippen molar-refractivity contribution in [2.24, 2.45) is 12.0 Å². The number of halogens is 1. The minimum atomic E-state index is 0. The van der Waals surface area contributed by atoms with Crippen molar-refractivity contribution in [3.05, 3.63) is 11.6 Å². The van der Waals surface area contributed by atoms with E-state index in [9.17, 15) is 0 Å². The molecular formula is C16H29IN6O. The molecule has 0 unspecified atom stereocenters. The summed E-state index contributed by atoms with van der Waals surface area (Å²) >= 11 is 0. The number of aromatic nitrogens is 3. The van der Waals surface area contributed by atoms with Crippen molar-refractivity contribution in [2.45, 2.75) is 64.1 Å². The van der Waals surface area contributed by atoms with Crippen LogP contribution in [0.25, 0.3) is 0 Å². The van der Waals surface area contributed by atoms with Crippen LogP contribution >= 0.6 is 24.0 Å². The number of rotatable bonds is 4. The van der Waals surface area contributed by atoms with Gasteiger partial charge in [0.1, 0.15) is 12.4 Å². The van der Waals surface area contributed by atoms with Crippen LogP contribution in [0.4, 0.5) is 0 Å². The van der Waals surface area contributed by atoms with Crippen LogP contribution in [0, 0.1) is 6.92 Å². The van der Waals surface area contributed by atoms with Gasteiger partial charge in [-0.25, -0.2) is 4.99 Å². The topological polar surface area (TPSA) is 76.4 Å². The Morgan fingerprint density at radius 1 is 1.12 bits per heavy atom. The predicted octanol–water partition coefficient (Wildman–Crippen LogP) is 1.90. The molecule has 0 atom stereocenters. The first kappa shape index (κ1) is 19.4. The Morgan fingerprint density at radius 2 is 1.75 bits per heavy atom. The normalized spacial score (nSPS) is 20.0. The highest BCUT2D eigenvalue weighted by molar-refractivity contribution is 14.0. The maximum absolute atomic E-state index is 5.44. The number of hydrogen-bond acceptors (Lipinski definition) is 4.